The van der Waals surface area contributed by atoms with E-state index in [2.05, 4.69) is 23.8 Å². The van der Waals surface area contributed by atoms with Crippen molar-refractivity contribution in [3.05, 3.63) is 0 Å². The van der Waals surface area contributed by atoms with Crippen molar-refractivity contribution in [1.82, 2.24) is 9.80 Å². The first-order chi connectivity index (χ1) is 11.0. The summed E-state index contributed by atoms with van der Waals surface area (Å²) in [6.45, 7) is 6.41. The van der Waals surface area contributed by atoms with E-state index in [1.807, 2.05) is 6.92 Å². The summed E-state index contributed by atoms with van der Waals surface area (Å²) in [4.78, 5) is 5.03. The minimum Gasteiger partial charge on any atom is -0.393 e. The number of hydrogen-bond donors (Lipinski definition) is 1. The molecule has 0 radical (unpaired) electrons. The standard InChI is InChI=1S/C18H31ClN2O2/c1-10-16-7-13(19)4-5-15(16)17-18(23-17)21(10)14-6-12(11(2)22)8-20(3)9-14/h10-18,22H,4-9H2,1-3H3. The van der Waals surface area contributed by atoms with Gasteiger partial charge in [0.05, 0.1) is 6.10 Å². The van der Waals surface area contributed by atoms with E-state index in [1.165, 1.54) is 6.42 Å². The largest absolute Gasteiger partial charge is 0.393 e. The van der Waals surface area contributed by atoms with Gasteiger partial charge in [-0.25, -0.2) is 0 Å². The van der Waals surface area contributed by atoms with E-state index in [-0.39, 0.29) is 6.10 Å². The molecule has 3 aliphatic heterocycles. The summed E-state index contributed by atoms with van der Waals surface area (Å²) in [5.41, 5.74) is 0. The van der Waals surface area contributed by atoms with E-state index < -0.39 is 0 Å². The number of halogens is 1. The molecule has 0 aromatic carbocycles. The molecule has 0 aromatic rings. The molecule has 4 fully saturated rings. The minimum atomic E-state index is -0.231. The number of nitrogens with zero attached hydrogens (tertiary/aromatic N) is 2. The lowest BCUT2D eigenvalue weighted by Crippen LogP contribution is -2.60. The molecule has 3 heterocycles. The van der Waals surface area contributed by atoms with Gasteiger partial charge in [0.25, 0.3) is 0 Å². The zero-order valence-electron chi connectivity index (χ0n) is 14.6. The Kier molecular flexibility index (Phi) is 4.43. The van der Waals surface area contributed by atoms with Crippen molar-refractivity contribution < 1.29 is 9.84 Å². The van der Waals surface area contributed by atoms with Crippen molar-refractivity contribution in [2.24, 2.45) is 17.8 Å². The van der Waals surface area contributed by atoms with E-state index in [0.717, 1.165) is 38.3 Å². The van der Waals surface area contributed by atoms with Crippen molar-refractivity contribution >= 4 is 11.6 Å². The number of ether oxygens (including phenoxy) is 1. The number of aliphatic hydroxyl groups is 1. The highest BCUT2D eigenvalue weighted by Crippen LogP contribution is 2.52. The molecule has 23 heavy (non-hydrogen) atoms. The Bertz CT molecular complexity index is 449. The van der Waals surface area contributed by atoms with Crippen LogP contribution in [0.15, 0.2) is 0 Å². The number of likely N-dealkylation sites (N-methyl/N-ethyl adjacent to an activating group) is 1. The molecule has 1 saturated carbocycles. The van der Waals surface area contributed by atoms with E-state index in [4.69, 9.17) is 16.3 Å². The van der Waals surface area contributed by atoms with Gasteiger partial charge in [-0.3, -0.25) is 4.90 Å². The van der Waals surface area contributed by atoms with Crippen LogP contribution < -0.4 is 0 Å². The van der Waals surface area contributed by atoms with Crippen LogP contribution in [0, 0.1) is 17.8 Å². The summed E-state index contributed by atoms with van der Waals surface area (Å²) >= 11 is 6.48. The fourth-order valence-electron chi connectivity index (χ4n) is 5.70. The molecule has 1 aliphatic carbocycles. The van der Waals surface area contributed by atoms with E-state index in [9.17, 15) is 5.11 Å². The second-order valence-electron chi connectivity index (χ2n) is 8.53. The van der Waals surface area contributed by atoms with Crippen LogP contribution in [0.5, 0.6) is 0 Å². The first-order valence-electron chi connectivity index (χ1n) is 9.39. The highest BCUT2D eigenvalue weighted by atomic mass is 35.5. The van der Waals surface area contributed by atoms with Crippen LogP contribution in [-0.2, 0) is 4.74 Å². The molecule has 132 valence electrons. The van der Waals surface area contributed by atoms with Crippen LogP contribution in [0.3, 0.4) is 0 Å². The summed E-state index contributed by atoms with van der Waals surface area (Å²) in [6.07, 6.45) is 5.14. The molecule has 0 aromatic heterocycles. The molecule has 4 rings (SSSR count). The Morgan fingerprint density at radius 2 is 1.96 bits per heavy atom. The second kappa shape index (κ2) is 6.14. The topological polar surface area (TPSA) is 39.2 Å². The third kappa shape index (κ3) is 2.95. The molecular formula is C18H31ClN2O2. The van der Waals surface area contributed by atoms with Crippen LogP contribution in [0.1, 0.15) is 39.5 Å². The summed E-state index contributed by atoms with van der Waals surface area (Å²) in [5.74, 6) is 1.76. The molecule has 0 bridgehead atoms. The first-order valence-corrected chi connectivity index (χ1v) is 9.83. The maximum atomic E-state index is 10.1. The summed E-state index contributed by atoms with van der Waals surface area (Å²) in [5, 5.41) is 10.4. The summed E-state index contributed by atoms with van der Waals surface area (Å²) < 4.78 is 6.15. The van der Waals surface area contributed by atoms with Crippen LogP contribution in [0.25, 0.3) is 0 Å². The second-order valence-corrected chi connectivity index (χ2v) is 9.15. The van der Waals surface area contributed by atoms with Crippen LogP contribution >= 0.6 is 11.6 Å². The van der Waals surface area contributed by atoms with Gasteiger partial charge in [-0.1, -0.05) is 0 Å². The van der Waals surface area contributed by atoms with Gasteiger partial charge >= 0.3 is 0 Å². The summed E-state index contributed by atoms with van der Waals surface area (Å²) in [7, 11) is 2.18. The van der Waals surface area contributed by atoms with Gasteiger partial charge in [0.2, 0.25) is 0 Å². The Morgan fingerprint density at radius 3 is 2.70 bits per heavy atom. The molecule has 3 saturated heterocycles. The average Bonchev–Trinajstić information content (AvgIpc) is 3.27. The number of alkyl halides is 1. The first kappa shape index (κ1) is 16.6. The van der Waals surface area contributed by atoms with Crippen LogP contribution in [0.4, 0.5) is 0 Å². The normalized spacial score (nSPS) is 52.6. The van der Waals surface area contributed by atoms with Crippen molar-refractivity contribution in [2.45, 2.75) is 75.4 Å². The van der Waals surface area contributed by atoms with Gasteiger partial charge in [0.1, 0.15) is 12.3 Å². The quantitative estimate of drug-likeness (QED) is 0.616. The zero-order chi connectivity index (χ0) is 16.3. The number of hydrogen-bond acceptors (Lipinski definition) is 4. The molecule has 5 heteroatoms. The number of fused-ring (bicyclic) bond motifs is 3. The van der Waals surface area contributed by atoms with Crippen LogP contribution in [-0.4, -0.2) is 70.9 Å². The molecule has 1 N–H and O–H groups in total. The third-order valence-corrected chi connectivity index (χ3v) is 7.34. The maximum Gasteiger partial charge on any atom is 0.138 e. The maximum absolute atomic E-state index is 10.1. The Hall–Kier alpha value is 0.130. The lowest BCUT2D eigenvalue weighted by Gasteiger charge is -2.50. The Morgan fingerprint density at radius 1 is 1.17 bits per heavy atom. The van der Waals surface area contributed by atoms with Crippen molar-refractivity contribution in [2.75, 3.05) is 20.1 Å². The molecule has 0 amide bonds. The molecule has 4 aliphatic rings. The number of aliphatic hydroxyl groups excluding tert-OH is 1. The summed E-state index contributed by atoms with van der Waals surface area (Å²) in [6, 6.07) is 1.03. The molecular weight excluding hydrogens is 312 g/mol. The van der Waals surface area contributed by atoms with Crippen molar-refractivity contribution in [3.63, 3.8) is 0 Å². The van der Waals surface area contributed by atoms with Gasteiger partial charge in [-0.2, -0.15) is 0 Å². The van der Waals surface area contributed by atoms with Gasteiger partial charge < -0.3 is 14.7 Å². The van der Waals surface area contributed by atoms with Crippen molar-refractivity contribution in [3.8, 4) is 0 Å². The van der Waals surface area contributed by atoms with Crippen LogP contribution in [0.2, 0.25) is 0 Å². The molecule has 9 unspecified atom stereocenters. The van der Waals surface area contributed by atoms with Gasteiger partial charge in [-0.15, -0.1) is 11.6 Å². The fourth-order valence-corrected chi connectivity index (χ4v) is 6.03. The smallest absolute Gasteiger partial charge is 0.138 e. The van der Waals surface area contributed by atoms with Gasteiger partial charge in [-0.05, 0) is 64.3 Å². The Labute approximate surface area is 145 Å². The van der Waals surface area contributed by atoms with E-state index >= 15 is 0 Å². The highest BCUT2D eigenvalue weighted by molar-refractivity contribution is 6.20. The van der Waals surface area contributed by atoms with Gasteiger partial charge in [0.15, 0.2) is 0 Å². The zero-order valence-corrected chi connectivity index (χ0v) is 15.3. The van der Waals surface area contributed by atoms with E-state index in [1.54, 1.807) is 0 Å². The third-order valence-electron chi connectivity index (χ3n) is 6.95. The predicted molar refractivity (Wildman–Crippen MR) is 91.5 cm³/mol. The lowest BCUT2D eigenvalue weighted by molar-refractivity contribution is -0.0393. The predicted octanol–water partition coefficient (Wildman–Crippen LogP) is 2.14. The number of likely N-dealkylation sites (tertiary alicyclic amines) is 2. The number of piperidine rings is 2. The Balaban J connectivity index is 1.52. The SMILES string of the molecule is CC(O)C1CC(N2C(C)C3CC(Cl)CCC3C3OC32)CN(C)C1. The highest BCUT2D eigenvalue weighted by Gasteiger charge is 2.60. The molecule has 4 nitrogen and oxygen atoms in total. The van der Waals surface area contributed by atoms with E-state index in [0.29, 0.717) is 41.6 Å². The monoisotopic (exact) mass is 342 g/mol. The van der Waals surface area contributed by atoms with Gasteiger partial charge in [0, 0.05) is 30.6 Å². The average molecular weight is 343 g/mol. The minimum absolute atomic E-state index is 0.231. The lowest BCUT2D eigenvalue weighted by atomic mass is 9.70. The molecule has 9 atom stereocenters. The number of epoxide rings is 1. The molecule has 0 spiro atoms. The number of rotatable bonds is 2. The fraction of sp³-hybridized carbons (Fsp3) is 1.00. The van der Waals surface area contributed by atoms with Crippen molar-refractivity contribution in [1.29, 1.82) is 0 Å².